The molecule has 2 aromatic rings. The average molecular weight is 407 g/mol. The molecule has 0 bridgehead atoms. The van der Waals surface area contributed by atoms with Crippen LogP contribution in [0.15, 0.2) is 42.5 Å². The molecular formula is C20H26N2O5S. The lowest BCUT2D eigenvalue weighted by atomic mass is 10.1. The van der Waals surface area contributed by atoms with Crippen LogP contribution >= 0.6 is 0 Å². The highest BCUT2D eigenvalue weighted by molar-refractivity contribution is 7.92. The van der Waals surface area contributed by atoms with Crippen LogP contribution in [0.2, 0.25) is 0 Å². The number of ether oxygens (including phenoxy) is 2. The number of sulfonamides is 1. The first-order valence-corrected chi connectivity index (χ1v) is 10.6. The Bertz CT molecular complexity index is 926. The van der Waals surface area contributed by atoms with Crippen molar-refractivity contribution < 1.29 is 22.7 Å². The highest BCUT2D eigenvalue weighted by Crippen LogP contribution is 2.32. The van der Waals surface area contributed by atoms with E-state index in [1.165, 1.54) is 20.3 Å². The largest absolute Gasteiger partial charge is 0.493 e. The van der Waals surface area contributed by atoms with E-state index in [0.29, 0.717) is 17.2 Å². The first-order chi connectivity index (χ1) is 13.2. The van der Waals surface area contributed by atoms with Gasteiger partial charge in [-0.3, -0.25) is 9.10 Å². The van der Waals surface area contributed by atoms with Crippen molar-refractivity contribution in [2.24, 2.45) is 0 Å². The van der Waals surface area contributed by atoms with Gasteiger partial charge in [-0.25, -0.2) is 8.42 Å². The molecule has 0 aliphatic heterocycles. The first-order valence-electron chi connectivity index (χ1n) is 8.71. The van der Waals surface area contributed by atoms with E-state index in [2.05, 4.69) is 5.32 Å². The Kier molecular flexibility index (Phi) is 6.90. The van der Waals surface area contributed by atoms with E-state index in [1.54, 1.807) is 12.1 Å². The van der Waals surface area contributed by atoms with Gasteiger partial charge in [0.2, 0.25) is 15.9 Å². The number of rotatable bonds is 8. The van der Waals surface area contributed by atoms with E-state index in [-0.39, 0.29) is 12.6 Å². The van der Waals surface area contributed by atoms with Gasteiger partial charge in [-0.05, 0) is 31.5 Å². The minimum absolute atomic E-state index is 0.250. The van der Waals surface area contributed by atoms with Crippen LogP contribution < -0.4 is 19.1 Å². The van der Waals surface area contributed by atoms with Crippen LogP contribution in [0.5, 0.6) is 11.5 Å². The summed E-state index contributed by atoms with van der Waals surface area (Å²) < 4.78 is 36.0. The van der Waals surface area contributed by atoms with Gasteiger partial charge in [0.25, 0.3) is 0 Å². The van der Waals surface area contributed by atoms with Crippen molar-refractivity contribution in [2.75, 3.05) is 31.3 Å². The molecule has 0 radical (unpaired) electrons. The Morgan fingerprint density at radius 1 is 1.07 bits per heavy atom. The van der Waals surface area contributed by atoms with Crippen molar-refractivity contribution in [3.05, 3.63) is 53.6 Å². The summed E-state index contributed by atoms with van der Waals surface area (Å²) in [7, 11) is -0.735. The Labute approximate surface area is 166 Å². The second-order valence-corrected chi connectivity index (χ2v) is 8.42. The number of amides is 1. The number of nitrogens with one attached hydrogen (secondary N) is 1. The summed E-state index contributed by atoms with van der Waals surface area (Å²) in [5.74, 6) is 0.438. The monoisotopic (exact) mass is 406 g/mol. The summed E-state index contributed by atoms with van der Waals surface area (Å²) in [6.07, 6.45) is 1.06. The molecule has 0 aromatic heterocycles. The second kappa shape index (κ2) is 8.97. The maximum atomic E-state index is 12.5. The molecule has 8 heteroatoms. The zero-order valence-electron chi connectivity index (χ0n) is 16.7. The first kappa shape index (κ1) is 21.6. The van der Waals surface area contributed by atoms with Gasteiger partial charge in [0.05, 0.1) is 32.2 Å². The molecule has 1 amide bonds. The van der Waals surface area contributed by atoms with Crippen molar-refractivity contribution in [3.8, 4) is 11.5 Å². The fraction of sp³-hybridized carbons (Fsp3) is 0.350. The van der Waals surface area contributed by atoms with Crippen LogP contribution in [0.3, 0.4) is 0 Å². The standard InChI is InChI=1S/C20H26N2O5S/c1-14-6-8-16(9-7-14)15(2)21-20(23)13-22(28(5,24)25)17-10-11-18(26-3)19(12-17)27-4/h6-12,15H,13H2,1-5H3,(H,21,23)/t15-/m1/s1. The van der Waals surface area contributed by atoms with Crippen molar-refractivity contribution in [1.29, 1.82) is 0 Å². The molecule has 0 aliphatic rings. The molecule has 1 atom stereocenters. The van der Waals surface area contributed by atoms with Gasteiger partial charge < -0.3 is 14.8 Å². The van der Waals surface area contributed by atoms with E-state index in [4.69, 9.17) is 9.47 Å². The SMILES string of the molecule is COc1ccc(N(CC(=O)N[C@H](C)c2ccc(C)cc2)S(C)(=O)=O)cc1OC. The summed E-state index contributed by atoms with van der Waals surface area (Å²) >= 11 is 0. The van der Waals surface area contributed by atoms with Crippen LogP contribution in [0.4, 0.5) is 5.69 Å². The zero-order chi connectivity index (χ0) is 20.9. The van der Waals surface area contributed by atoms with Gasteiger partial charge >= 0.3 is 0 Å². The molecule has 7 nitrogen and oxygen atoms in total. The van der Waals surface area contributed by atoms with Crippen LogP contribution in [0.25, 0.3) is 0 Å². The highest BCUT2D eigenvalue weighted by atomic mass is 32.2. The van der Waals surface area contributed by atoms with Crippen LogP contribution in [-0.4, -0.2) is 41.3 Å². The molecule has 0 saturated carbocycles. The van der Waals surface area contributed by atoms with Gasteiger partial charge in [0.15, 0.2) is 11.5 Å². The van der Waals surface area contributed by atoms with Gasteiger partial charge in [-0.2, -0.15) is 0 Å². The van der Waals surface area contributed by atoms with Crippen molar-refractivity contribution in [2.45, 2.75) is 19.9 Å². The third-order valence-electron chi connectivity index (χ3n) is 4.30. The molecule has 2 aromatic carbocycles. The molecule has 152 valence electrons. The molecule has 0 saturated heterocycles. The maximum Gasteiger partial charge on any atom is 0.241 e. The summed E-state index contributed by atoms with van der Waals surface area (Å²) in [6, 6.07) is 12.2. The van der Waals surface area contributed by atoms with Crippen LogP contribution in [0, 0.1) is 6.92 Å². The van der Waals surface area contributed by atoms with Crippen LogP contribution in [0.1, 0.15) is 24.1 Å². The van der Waals surface area contributed by atoms with E-state index < -0.39 is 15.9 Å². The number of carbonyl (C=O) groups is 1. The van der Waals surface area contributed by atoms with Crippen molar-refractivity contribution in [1.82, 2.24) is 5.32 Å². The summed E-state index contributed by atoms with van der Waals surface area (Å²) in [4.78, 5) is 12.5. The van der Waals surface area contributed by atoms with E-state index in [0.717, 1.165) is 21.7 Å². The minimum Gasteiger partial charge on any atom is -0.493 e. The smallest absolute Gasteiger partial charge is 0.241 e. The van der Waals surface area contributed by atoms with Gasteiger partial charge in [0.1, 0.15) is 6.54 Å². The lowest BCUT2D eigenvalue weighted by Gasteiger charge is -2.24. The fourth-order valence-electron chi connectivity index (χ4n) is 2.74. The number of hydrogen-bond donors (Lipinski definition) is 1. The molecule has 1 N–H and O–H groups in total. The summed E-state index contributed by atoms with van der Waals surface area (Å²) in [5.41, 5.74) is 2.38. The second-order valence-electron chi connectivity index (χ2n) is 6.51. The highest BCUT2D eigenvalue weighted by Gasteiger charge is 2.23. The number of aryl methyl sites for hydroxylation is 1. The minimum atomic E-state index is -3.69. The molecule has 2 rings (SSSR count). The van der Waals surface area contributed by atoms with Crippen molar-refractivity contribution in [3.63, 3.8) is 0 Å². The number of nitrogens with zero attached hydrogens (tertiary/aromatic N) is 1. The average Bonchev–Trinajstić information content (AvgIpc) is 2.65. The molecular weight excluding hydrogens is 380 g/mol. The fourth-order valence-corrected chi connectivity index (χ4v) is 3.58. The normalized spacial score (nSPS) is 12.2. The molecule has 28 heavy (non-hydrogen) atoms. The molecule has 0 spiro atoms. The number of carbonyl (C=O) groups excluding carboxylic acids is 1. The molecule has 0 heterocycles. The summed E-state index contributed by atoms with van der Waals surface area (Å²) in [6.45, 7) is 3.49. The molecule has 0 aliphatic carbocycles. The number of hydrogen-bond acceptors (Lipinski definition) is 5. The van der Waals surface area contributed by atoms with E-state index in [9.17, 15) is 13.2 Å². The third kappa shape index (κ3) is 5.39. The quantitative estimate of drug-likeness (QED) is 0.729. The topological polar surface area (TPSA) is 84.9 Å². The Hall–Kier alpha value is -2.74. The Balaban J connectivity index is 2.20. The Morgan fingerprint density at radius 2 is 1.68 bits per heavy atom. The van der Waals surface area contributed by atoms with Gasteiger partial charge in [-0.1, -0.05) is 29.8 Å². The third-order valence-corrected chi connectivity index (χ3v) is 5.44. The van der Waals surface area contributed by atoms with E-state index >= 15 is 0 Å². The molecule has 0 fully saturated rings. The number of benzene rings is 2. The van der Waals surface area contributed by atoms with Crippen molar-refractivity contribution >= 4 is 21.6 Å². The summed E-state index contributed by atoms with van der Waals surface area (Å²) in [5, 5.41) is 2.84. The number of anilines is 1. The maximum absolute atomic E-state index is 12.5. The molecule has 0 unspecified atom stereocenters. The number of methoxy groups -OCH3 is 2. The predicted octanol–water partition coefficient (Wildman–Crippen LogP) is 2.66. The van der Waals surface area contributed by atoms with Gasteiger partial charge in [0, 0.05) is 6.07 Å². The zero-order valence-corrected chi connectivity index (χ0v) is 17.5. The Morgan fingerprint density at radius 3 is 2.21 bits per heavy atom. The predicted molar refractivity (Wildman–Crippen MR) is 109 cm³/mol. The van der Waals surface area contributed by atoms with Crippen LogP contribution in [-0.2, 0) is 14.8 Å². The van der Waals surface area contributed by atoms with E-state index in [1.807, 2.05) is 38.1 Å². The van der Waals surface area contributed by atoms with Gasteiger partial charge in [-0.15, -0.1) is 0 Å². The lowest BCUT2D eigenvalue weighted by Crippen LogP contribution is -2.41. The lowest BCUT2D eigenvalue weighted by molar-refractivity contribution is -0.120.